The molecule has 19 heavy (non-hydrogen) atoms. The van der Waals surface area contributed by atoms with E-state index in [1.807, 2.05) is 0 Å². The van der Waals surface area contributed by atoms with E-state index in [9.17, 15) is 4.39 Å². The molecule has 2 nitrogen and oxygen atoms in total. The first kappa shape index (κ1) is 14.2. The molecule has 0 amide bonds. The number of nitrogens with two attached hydrogens (primary N) is 1. The zero-order chi connectivity index (χ0) is 14.0. The largest absolute Gasteiger partial charge is 0.397 e. The van der Waals surface area contributed by atoms with Gasteiger partial charge in [-0.2, -0.15) is 0 Å². The summed E-state index contributed by atoms with van der Waals surface area (Å²) in [7, 11) is 0. The average molecular weight is 299 g/mol. The summed E-state index contributed by atoms with van der Waals surface area (Å²) in [4.78, 5) is 2.61. The van der Waals surface area contributed by atoms with Crippen LogP contribution >= 0.6 is 22.9 Å². The van der Waals surface area contributed by atoms with Crippen molar-refractivity contribution < 1.29 is 4.39 Å². The molecule has 0 saturated heterocycles. The quantitative estimate of drug-likeness (QED) is 0.817. The summed E-state index contributed by atoms with van der Waals surface area (Å²) >= 11 is 7.54. The van der Waals surface area contributed by atoms with Crippen LogP contribution in [0.2, 0.25) is 5.02 Å². The second-order valence-electron chi connectivity index (χ2n) is 4.62. The van der Waals surface area contributed by atoms with Crippen LogP contribution in [0.4, 0.5) is 15.8 Å². The van der Waals surface area contributed by atoms with Crippen molar-refractivity contribution in [3.05, 3.63) is 44.9 Å². The molecular formula is C14H16ClFN2S. The van der Waals surface area contributed by atoms with Gasteiger partial charge in [0, 0.05) is 28.3 Å². The molecule has 2 rings (SSSR count). The summed E-state index contributed by atoms with van der Waals surface area (Å²) < 4.78 is 13.2. The smallest absolute Gasteiger partial charge is 0.143 e. The van der Waals surface area contributed by atoms with Crippen molar-refractivity contribution in [1.82, 2.24) is 0 Å². The molecule has 0 aliphatic carbocycles. The number of halogens is 2. The summed E-state index contributed by atoms with van der Waals surface area (Å²) in [6, 6.07) is 7.20. The Morgan fingerprint density at radius 1 is 1.42 bits per heavy atom. The van der Waals surface area contributed by atoms with Crippen LogP contribution < -0.4 is 11.1 Å². The molecule has 0 saturated carbocycles. The lowest BCUT2D eigenvalue weighted by Gasteiger charge is -2.16. The van der Waals surface area contributed by atoms with E-state index in [2.05, 4.69) is 31.3 Å². The van der Waals surface area contributed by atoms with Gasteiger partial charge in [-0.1, -0.05) is 11.6 Å². The van der Waals surface area contributed by atoms with Gasteiger partial charge in [0.05, 0.1) is 16.4 Å². The highest BCUT2D eigenvalue weighted by atomic mass is 35.5. The van der Waals surface area contributed by atoms with Crippen molar-refractivity contribution in [3.63, 3.8) is 0 Å². The lowest BCUT2D eigenvalue weighted by atomic mass is 10.2. The van der Waals surface area contributed by atoms with Gasteiger partial charge in [-0.25, -0.2) is 4.39 Å². The Bertz CT molecular complexity index is 583. The summed E-state index contributed by atoms with van der Waals surface area (Å²) in [5.74, 6) is -0.494. The Morgan fingerprint density at radius 2 is 2.16 bits per heavy atom. The molecule has 1 unspecified atom stereocenters. The molecule has 0 spiro atoms. The van der Waals surface area contributed by atoms with E-state index in [-0.39, 0.29) is 11.1 Å². The molecule has 1 aromatic heterocycles. The number of nitrogens with one attached hydrogen (secondary N) is 1. The number of thiophene rings is 1. The lowest BCUT2D eigenvalue weighted by Crippen LogP contribution is -2.18. The second kappa shape index (κ2) is 5.80. The predicted octanol–water partition coefficient (Wildman–Crippen LogP) is 4.47. The monoisotopic (exact) mass is 298 g/mol. The summed E-state index contributed by atoms with van der Waals surface area (Å²) in [5.41, 5.74) is 6.82. The maximum atomic E-state index is 13.2. The van der Waals surface area contributed by atoms with Gasteiger partial charge >= 0.3 is 0 Å². The summed E-state index contributed by atoms with van der Waals surface area (Å²) in [6.45, 7) is 4.15. The number of anilines is 2. The van der Waals surface area contributed by atoms with Crippen LogP contribution in [-0.4, -0.2) is 6.04 Å². The van der Waals surface area contributed by atoms with Crippen molar-refractivity contribution in [3.8, 4) is 0 Å². The molecule has 1 atom stereocenters. The lowest BCUT2D eigenvalue weighted by molar-refractivity contribution is 0.629. The van der Waals surface area contributed by atoms with Gasteiger partial charge in [-0.05, 0) is 32.0 Å². The molecular weight excluding hydrogens is 283 g/mol. The van der Waals surface area contributed by atoms with E-state index >= 15 is 0 Å². The minimum Gasteiger partial charge on any atom is -0.397 e. The Kier molecular flexibility index (Phi) is 4.32. The van der Waals surface area contributed by atoms with Crippen molar-refractivity contribution in [1.29, 1.82) is 0 Å². The van der Waals surface area contributed by atoms with E-state index in [0.717, 1.165) is 6.42 Å². The maximum Gasteiger partial charge on any atom is 0.143 e. The maximum absolute atomic E-state index is 13.2. The first-order chi connectivity index (χ1) is 8.95. The van der Waals surface area contributed by atoms with Gasteiger partial charge in [-0.15, -0.1) is 11.3 Å². The van der Waals surface area contributed by atoms with Crippen LogP contribution in [0.3, 0.4) is 0 Å². The van der Waals surface area contributed by atoms with Crippen molar-refractivity contribution >= 4 is 34.3 Å². The third-order valence-corrected chi connectivity index (χ3v) is 4.11. The highest BCUT2D eigenvalue weighted by Crippen LogP contribution is 2.27. The van der Waals surface area contributed by atoms with Crippen LogP contribution in [-0.2, 0) is 6.42 Å². The first-order valence-electron chi connectivity index (χ1n) is 6.02. The molecule has 0 fully saturated rings. The van der Waals surface area contributed by atoms with Crippen molar-refractivity contribution in [2.75, 3.05) is 11.1 Å². The van der Waals surface area contributed by atoms with E-state index in [0.29, 0.717) is 11.4 Å². The number of nitrogen functional groups attached to an aromatic ring is 1. The predicted molar refractivity (Wildman–Crippen MR) is 81.7 cm³/mol. The zero-order valence-corrected chi connectivity index (χ0v) is 12.4. The number of benzene rings is 1. The van der Waals surface area contributed by atoms with Crippen molar-refractivity contribution in [2.45, 2.75) is 26.3 Å². The SMILES string of the molecule is Cc1ccc(CC(C)Nc2cc(Cl)c(F)cc2N)s1. The molecule has 3 N–H and O–H groups in total. The van der Waals surface area contributed by atoms with Crippen LogP contribution in [0, 0.1) is 12.7 Å². The van der Waals surface area contributed by atoms with Gasteiger partial charge in [0.15, 0.2) is 0 Å². The van der Waals surface area contributed by atoms with E-state index in [4.69, 9.17) is 17.3 Å². The fourth-order valence-corrected chi connectivity index (χ4v) is 3.08. The van der Waals surface area contributed by atoms with Gasteiger partial charge in [0.25, 0.3) is 0 Å². The molecule has 0 radical (unpaired) electrons. The minimum atomic E-state index is -0.494. The topological polar surface area (TPSA) is 38.0 Å². The number of hydrogen-bond acceptors (Lipinski definition) is 3. The first-order valence-corrected chi connectivity index (χ1v) is 7.21. The third-order valence-electron chi connectivity index (χ3n) is 2.80. The van der Waals surface area contributed by atoms with Crippen LogP contribution in [0.5, 0.6) is 0 Å². The van der Waals surface area contributed by atoms with Crippen LogP contribution in [0.1, 0.15) is 16.7 Å². The van der Waals surface area contributed by atoms with Gasteiger partial charge < -0.3 is 11.1 Å². The fourth-order valence-electron chi connectivity index (χ4n) is 1.90. The highest BCUT2D eigenvalue weighted by molar-refractivity contribution is 7.11. The van der Waals surface area contributed by atoms with Crippen molar-refractivity contribution in [2.24, 2.45) is 0 Å². The standard InChI is InChI=1S/C14H16ClFN2S/c1-8(5-10-4-3-9(2)19-10)18-14-6-11(15)12(16)7-13(14)17/h3-4,6-8,18H,5,17H2,1-2H3. The molecule has 102 valence electrons. The highest BCUT2D eigenvalue weighted by Gasteiger charge is 2.10. The zero-order valence-electron chi connectivity index (χ0n) is 10.8. The summed E-state index contributed by atoms with van der Waals surface area (Å²) in [6.07, 6.45) is 0.896. The van der Waals surface area contributed by atoms with Gasteiger partial charge in [-0.3, -0.25) is 0 Å². The Balaban J connectivity index is 2.06. The molecule has 1 aromatic carbocycles. The second-order valence-corrected chi connectivity index (χ2v) is 6.40. The van der Waals surface area contributed by atoms with E-state index in [1.54, 1.807) is 11.3 Å². The summed E-state index contributed by atoms with van der Waals surface area (Å²) in [5, 5.41) is 3.35. The Morgan fingerprint density at radius 3 is 2.79 bits per heavy atom. The Hall–Kier alpha value is -1.26. The van der Waals surface area contributed by atoms with Crippen LogP contribution in [0.15, 0.2) is 24.3 Å². The number of hydrogen-bond donors (Lipinski definition) is 2. The van der Waals surface area contributed by atoms with E-state index < -0.39 is 5.82 Å². The molecule has 0 bridgehead atoms. The molecule has 2 aromatic rings. The molecule has 5 heteroatoms. The molecule has 0 aliphatic rings. The molecule has 1 heterocycles. The minimum absolute atomic E-state index is 0.0795. The fraction of sp³-hybridized carbons (Fsp3) is 0.286. The molecule has 0 aliphatic heterocycles. The normalized spacial score (nSPS) is 12.4. The average Bonchev–Trinajstić information content (AvgIpc) is 2.71. The van der Waals surface area contributed by atoms with Gasteiger partial charge in [0.1, 0.15) is 5.82 Å². The Labute approximate surface area is 121 Å². The third kappa shape index (κ3) is 3.61. The van der Waals surface area contributed by atoms with E-state index in [1.165, 1.54) is 21.9 Å². The van der Waals surface area contributed by atoms with Gasteiger partial charge in [0.2, 0.25) is 0 Å². The number of rotatable bonds is 4. The number of aryl methyl sites for hydroxylation is 1. The van der Waals surface area contributed by atoms with Crippen LogP contribution in [0.25, 0.3) is 0 Å².